The van der Waals surface area contributed by atoms with Crippen LogP contribution in [0.5, 0.6) is 0 Å². The van der Waals surface area contributed by atoms with Crippen LogP contribution >= 0.6 is 0 Å². The summed E-state index contributed by atoms with van der Waals surface area (Å²) in [6, 6.07) is 9.72. The monoisotopic (exact) mass is 272 g/mol. The van der Waals surface area contributed by atoms with Crippen LogP contribution in [0.2, 0.25) is 0 Å². The standard InChI is InChI=1S/C17H24N2O/c1-13(15-5-3-2-4-6-15)19-12-17(20)16-9-7-14(11-18)8-10-16/h7-10,13,15,17,19-20H,2-6,12H2,1H3/t13-,17?/m1/s1. The van der Waals surface area contributed by atoms with Gasteiger partial charge in [-0.15, -0.1) is 0 Å². The molecule has 20 heavy (non-hydrogen) atoms. The lowest BCUT2D eigenvalue weighted by Gasteiger charge is -2.29. The molecule has 0 heterocycles. The molecule has 1 aromatic rings. The third kappa shape index (κ3) is 4.06. The number of benzene rings is 1. The van der Waals surface area contributed by atoms with E-state index in [4.69, 9.17) is 5.26 Å². The maximum atomic E-state index is 10.2. The van der Waals surface area contributed by atoms with Crippen LogP contribution < -0.4 is 5.32 Å². The van der Waals surface area contributed by atoms with Gasteiger partial charge in [0.1, 0.15) is 0 Å². The van der Waals surface area contributed by atoms with Gasteiger partial charge in [-0.2, -0.15) is 5.26 Å². The molecule has 0 radical (unpaired) electrons. The maximum Gasteiger partial charge on any atom is 0.0991 e. The first kappa shape index (κ1) is 15.0. The lowest BCUT2D eigenvalue weighted by atomic mass is 9.84. The predicted molar refractivity (Wildman–Crippen MR) is 80.2 cm³/mol. The highest BCUT2D eigenvalue weighted by Gasteiger charge is 2.20. The number of rotatable bonds is 5. The molecule has 1 aliphatic rings. The molecule has 2 N–H and O–H groups in total. The van der Waals surface area contributed by atoms with Crippen LogP contribution in [-0.4, -0.2) is 17.7 Å². The Labute approximate surface area is 121 Å². The molecule has 1 saturated carbocycles. The molecule has 0 amide bonds. The number of nitriles is 1. The first-order valence-corrected chi connectivity index (χ1v) is 7.62. The van der Waals surface area contributed by atoms with E-state index in [1.165, 1.54) is 32.1 Å². The summed E-state index contributed by atoms with van der Waals surface area (Å²) in [5.41, 5.74) is 1.50. The SMILES string of the molecule is C[C@@H](NCC(O)c1ccc(C#N)cc1)C1CCCCC1. The molecule has 2 rings (SSSR count). The normalized spacial score (nSPS) is 19.2. The van der Waals surface area contributed by atoms with Crippen molar-refractivity contribution in [3.05, 3.63) is 35.4 Å². The number of aliphatic hydroxyl groups excluding tert-OH is 1. The van der Waals surface area contributed by atoms with Gasteiger partial charge >= 0.3 is 0 Å². The Kier molecular flexibility index (Phi) is 5.58. The average Bonchev–Trinajstić information content (AvgIpc) is 2.53. The third-order valence-corrected chi connectivity index (χ3v) is 4.41. The van der Waals surface area contributed by atoms with Gasteiger partial charge in [0.25, 0.3) is 0 Å². The predicted octanol–water partition coefficient (Wildman–Crippen LogP) is 3.15. The van der Waals surface area contributed by atoms with Crippen molar-refractivity contribution in [1.29, 1.82) is 5.26 Å². The van der Waals surface area contributed by atoms with Crippen molar-refractivity contribution in [2.24, 2.45) is 5.92 Å². The van der Waals surface area contributed by atoms with Crippen LogP contribution in [0.3, 0.4) is 0 Å². The van der Waals surface area contributed by atoms with Crippen LogP contribution in [0.25, 0.3) is 0 Å². The summed E-state index contributed by atoms with van der Waals surface area (Å²) in [5, 5.41) is 22.4. The molecule has 0 spiro atoms. The molecular formula is C17H24N2O. The second kappa shape index (κ2) is 7.42. The first-order chi connectivity index (χ1) is 9.70. The fraction of sp³-hybridized carbons (Fsp3) is 0.588. The molecule has 3 heteroatoms. The van der Waals surface area contributed by atoms with Gasteiger partial charge in [0.15, 0.2) is 0 Å². The topological polar surface area (TPSA) is 56.0 Å². The van der Waals surface area contributed by atoms with Crippen molar-refractivity contribution >= 4 is 0 Å². The highest BCUT2D eigenvalue weighted by Crippen LogP contribution is 2.26. The largest absolute Gasteiger partial charge is 0.387 e. The van der Waals surface area contributed by atoms with E-state index in [-0.39, 0.29) is 0 Å². The van der Waals surface area contributed by atoms with Gasteiger partial charge in [-0.1, -0.05) is 31.4 Å². The Morgan fingerprint density at radius 2 is 1.90 bits per heavy atom. The number of hydrogen-bond donors (Lipinski definition) is 2. The summed E-state index contributed by atoms with van der Waals surface area (Å²) in [6.45, 7) is 2.80. The fourth-order valence-corrected chi connectivity index (χ4v) is 3.00. The van der Waals surface area contributed by atoms with Gasteiger partial charge in [0.2, 0.25) is 0 Å². The number of nitrogens with zero attached hydrogens (tertiary/aromatic N) is 1. The summed E-state index contributed by atoms with van der Waals surface area (Å²) in [6.07, 6.45) is 6.16. The molecule has 2 atom stereocenters. The van der Waals surface area contributed by atoms with E-state index in [2.05, 4.69) is 18.3 Å². The number of nitrogens with one attached hydrogen (secondary N) is 1. The average molecular weight is 272 g/mol. The van der Waals surface area contributed by atoms with Crippen molar-refractivity contribution in [2.45, 2.75) is 51.2 Å². The second-order valence-corrected chi connectivity index (χ2v) is 5.84. The molecule has 0 aliphatic heterocycles. The summed E-state index contributed by atoms with van der Waals surface area (Å²) < 4.78 is 0. The number of hydrogen-bond acceptors (Lipinski definition) is 3. The molecule has 3 nitrogen and oxygen atoms in total. The van der Waals surface area contributed by atoms with Crippen molar-refractivity contribution in [1.82, 2.24) is 5.32 Å². The minimum Gasteiger partial charge on any atom is -0.387 e. The Balaban J connectivity index is 1.81. The minimum atomic E-state index is -0.506. The molecule has 0 aromatic heterocycles. The van der Waals surface area contributed by atoms with E-state index in [1.54, 1.807) is 12.1 Å². The lowest BCUT2D eigenvalue weighted by molar-refractivity contribution is 0.161. The van der Waals surface area contributed by atoms with Crippen LogP contribution in [0.4, 0.5) is 0 Å². The molecule has 0 bridgehead atoms. The molecule has 108 valence electrons. The van der Waals surface area contributed by atoms with E-state index in [9.17, 15) is 5.11 Å². The van der Waals surface area contributed by atoms with Gasteiger partial charge in [0, 0.05) is 12.6 Å². The molecule has 1 aliphatic carbocycles. The zero-order chi connectivity index (χ0) is 14.4. The quantitative estimate of drug-likeness (QED) is 0.865. The van der Waals surface area contributed by atoms with E-state index in [0.717, 1.165) is 11.5 Å². The van der Waals surface area contributed by atoms with Gasteiger partial charge < -0.3 is 10.4 Å². The van der Waals surface area contributed by atoms with Crippen LogP contribution in [0.15, 0.2) is 24.3 Å². The Bertz CT molecular complexity index is 443. The van der Waals surface area contributed by atoms with Crippen molar-refractivity contribution in [2.75, 3.05) is 6.54 Å². The molecule has 0 saturated heterocycles. The van der Waals surface area contributed by atoms with E-state index < -0.39 is 6.10 Å². The second-order valence-electron chi connectivity index (χ2n) is 5.84. The van der Waals surface area contributed by atoms with Gasteiger partial charge in [0.05, 0.1) is 17.7 Å². The zero-order valence-corrected chi connectivity index (χ0v) is 12.2. The molecule has 1 aromatic carbocycles. The fourth-order valence-electron chi connectivity index (χ4n) is 3.00. The summed E-state index contributed by atoms with van der Waals surface area (Å²) in [7, 11) is 0. The first-order valence-electron chi connectivity index (χ1n) is 7.62. The molecule has 1 fully saturated rings. The van der Waals surface area contributed by atoms with Crippen molar-refractivity contribution in [3.8, 4) is 6.07 Å². The summed E-state index contributed by atoms with van der Waals surface area (Å²) in [5.74, 6) is 0.747. The highest BCUT2D eigenvalue weighted by molar-refractivity contribution is 5.32. The summed E-state index contributed by atoms with van der Waals surface area (Å²) in [4.78, 5) is 0. The maximum absolute atomic E-state index is 10.2. The highest BCUT2D eigenvalue weighted by atomic mass is 16.3. The molecule has 1 unspecified atom stereocenters. The van der Waals surface area contributed by atoms with E-state index >= 15 is 0 Å². The van der Waals surface area contributed by atoms with Gasteiger partial charge in [-0.3, -0.25) is 0 Å². The third-order valence-electron chi connectivity index (χ3n) is 4.41. The smallest absolute Gasteiger partial charge is 0.0991 e. The Morgan fingerprint density at radius 3 is 2.50 bits per heavy atom. The Morgan fingerprint density at radius 1 is 1.25 bits per heavy atom. The van der Waals surface area contributed by atoms with Gasteiger partial charge in [-0.05, 0) is 43.4 Å². The van der Waals surface area contributed by atoms with Crippen molar-refractivity contribution in [3.63, 3.8) is 0 Å². The van der Waals surface area contributed by atoms with Gasteiger partial charge in [-0.25, -0.2) is 0 Å². The van der Waals surface area contributed by atoms with Crippen LogP contribution in [0.1, 0.15) is 56.3 Å². The zero-order valence-electron chi connectivity index (χ0n) is 12.2. The minimum absolute atomic E-state index is 0.461. The van der Waals surface area contributed by atoms with E-state index in [1.807, 2.05) is 12.1 Å². The van der Waals surface area contributed by atoms with Crippen molar-refractivity contribution < 1.29 is 5.11 Å². The summed E-state index contributed by atoms with van der Waals surface area (Å²) >= 11 is 0. The molecular weight excluding hydrogens is 248 g/mol. The Hall–Kier alpha value is -1.37. The van der Waals surface area contributed by atoms with E-state index in [0.29, 0.717) is 18.2 Å². The van der Waals surface area contributed by atoms with Crippen LogP contribution in [0, 0.1) is 17.2 Å². The van der Waals surface area contributed by atoms with Crippen LogP contribution in [-0.2, 0) is 0 Å². The lowest BCUT2D eigenvalue weighted by Crippen LogP contribution is -2.37. The number of aliphatic hydroxyl groups is 1.